The van der Waals surface area contributed by atoms with E-state index in [1.54, 1.807) is 5.57 Å². The summed E-state index contributed by atoms with van der Waals surface area (Å²) < 4.78 is 0. The van der Waals surface area contributed by atoms with Crippen molar-refractivity contribution in [3.05, 3.63) is 34.6 Å². The van der Waals surface area contributed by atoms with E-state index < -0.39 is 0 Å². The Hall–Kier alpha value is -1.02. The fourth-order valence-electron chi connectivity index (χ4n) is 5.35. The third-order valence-corrected chi connectivity index (χ3v) is 6.55. The molecule has 2 N–H and O–H groups in total. The van der Waals surface area contributed by atoms with Crippen LogP contribution in [0.4, 0.5) is 0 Å². The van der Waals surface area contributed by atoms with Gasteiger partial charge in [-0.25, -0.2) is 0 Å². The van der Waals surface area contributed by atoms with E-state index in [4.69, 9.17) is 0 Å². The lowest BCUT2D eigenvalue weighted by atomic mass is 9.58. The van der Waals surface area contributed by atoms with Crippen LogP contribution in [0.1, 0.15) is 51.9 Å². The second kappa shape index (κ2) is 4.24. The lowest BCUT2D eigenvalue weighted by molar-refractivity contribution is 0.00333. The van der Waals surface area contributed by atoms with Crippen molar-refractivity contribution < 1.29 is 10.2 Å². The normalized spacial score (nSPS) is 43.4. The van der Waals surface area contributed by atoms with Crippen molar-refractivity contribution in [2.75, 3.05) is 0 Å². The molecule has 0 bridgehead atoms. The molecule has 0 heterocycles. The Bertz CT molecular complexity index is 540. The molecule has 0 aliphatic heterocycles. The van der Waals surface area contributed by atoms with E-state index in [0.717, 1.165) is 25.7 Å². The molecule has 20 heavy (non-hydrogen) atoms. The Kier molecular flexibility index (Phi) is 2.69. The van der Waals surface area contributed by atoms with Gasteiger partial charge in [-0.2, -0.15) is 0 Å². The number of hydrogen-bond acceptors (Lipinski definition) is 2. The zero-order chi connectivity index (χ0) is 13.9. The summed E-state index contributed by atoms with van der Waals surface area (Å²) in [4.78, 5) is 0. The predicted octanol–water partition coefficient (Wildman–Crippen LogP) is 4.04. The van der Waals surface area contributed by atoms with Gasteiger partial charge in [-0.05, 0) is 66.9 Å². The van der Waals surface area contributed by atoms with Gasteiger partial charge in [0.05, 0.1) is 11.9 Å². The first-order chi connectivity index (χ1) is 9.61. The average Bonchev–Trinajstić information content (AvgIpc) is 2.75. The highest BCUT2D eigenvalue weighted by Gasteiger charge is 2.53. The number of allylic oxidation sites excluding steroid dienone is 5. The second-order valence-corrected chi connectivity index (χ2v) is 7.32. The highest BCUT2D eigenvalue weighted by atomic mass is 16.3. The van der Waals surface area contributed by atoms with Crippen molar-refractivity contribution in [3.8, 4) is 0 Å². The Balaban J connectivity index is 1.78. The van der Waals surface area contributed by atoms with Gasteiger partial charge in [0.15, 0.2) is 0 Å². The van der Waals surface area contributed by atoms with Crippen LogP contribution in [0.5, 0.6) is 0 Å². The Labute approximate surface area is 120 Å². The molecule has 0 unspecified atom stereocenters. The molecule has 2 nitrogen and oxygen atoms in total. The fraction of sp³-hybridized carbons (Fsp3) is 0.667. The lowest BCUT2D eigenvalue weighted by Gasteiger charge is -2.47. The van der Waals surface area contributed by atoms with E-state index >= 15 is 0 Å². The van der Waals surface area contributed by atoms with Crippen LogP contribution in [-0.4, -0.2) is 16.3 Å². The fourth-order valence-corrected chi connectivity index (χ4v) is 5.35. The predicted molar refractivity (Wildman–Crippen MR) is 79.2 cm³/mol. The third-order valence-electron chi connectivity index (χ3n) is 6.55. The van der Waals surface area contributed by atoms with Gasteiger partial charge in [0, 0.05) is 6.42 Å². The Morgan fingerprint density at radius 2 is 2.05 bits per heavy atom. The zero-order valence-corrected chi connectivity index (χ0v) is 12.2. The summed E-state index contributed by atoms with van der Waals surface area (Å²) in [5.41, 5.74) is 4.26. The first-order valence-corrected chi connectivity index (χ1v) is 8.10. The van der Waals surface area contributed by atoms with Crippen LogP contribution in [0.25, 0.3) is 0 Å². The van der Waals surface area contributed by atoms with Gasteiger partial charge < -0.3 is 10.2 Å². The monoisotopic (exact) mass is 272 g/mol. The minimum Gasteiger partial charge on any atom is -0.512 e. The van der Waals surface area contributed by atoms with Crippen molar-refractivity contribution >= 4 is 0 Å². The van der Waals surface area contributed by atoms with Crippen molar-refractivity contribution in [3.63, 3.8) is 0 Å². The minimum absolute atomic E-state index is 0.105. The summed E-state index contributed by atoms with van der Waals surface area (Å²) in [7, 11) is 0. The molecule has 0 radical (unpaired) electrons. The minimum atomic E-state index is -0.105. The molecule has 4 rings (SSSR count). The third kappa shape index (κ3) is 1.54. The van der Waals surface area contributed by atoms with Crippen molar-refractivity contribution in [1.82, 2.24) is 0 Å². The Morgan fingerprint density at radius 1 is 1.20 bits per heavy atom. The molecule has 2 fully saturated rings. The molecule has 2 saturated carbocycles. The summed E-state index contributed by atoms with van der Waals surface area (Å²) in [6.07, 6.45) is 11.5. The van der Waals surface area contributed by atoms with Gasteiger partial charge in [-0.15, -0.1) is 0 Å². The SMILES string of the molecule is C[C@]12CCC3=C4C=CCC(O)=C4CC[C@H]3[C@@H]1CC[C@@H]2O. The van der Waals surface area contributed by atoms with Crippen molar-refractivity contribution in [1.29, 1.82) is 0 Å². The van der Waals surface area contributed by atoms with E-state index in [2.05, 4.69) is 19.1 Å². The van der Waals surface area contributed by atoms with Crippen LogP contribution in [0.15, 0.2) is 34.6 Å². The standard InChI is InChI=1S/C18H24O2/c1-18-10-9-12-11-3-2-4-16(19)14(11)6-5-13(12)15(18)7-8-17(18)20/h2-3,13,15,17,19-20H,4-10H2,1H3/t13-,15+,17+,18+/m1/s1. The lowest BCUT2D eigenvalue weighted by Crippen LogP contribution is -2.41. The van der Waals surface area contributed by atoms with E-state index in [0.29, 0.717) is 24.0 Å². The molecule has 4 aliphatic carbocycles. The van der Waals surface area contributed by atoms with Gasteiger partial charge in [-0.3, -0.25) is 0 Å². The van der Waals surface area contributed by atoms with Crippen molar-refractivity contribution in [2.24, 2.45) is 17.3 Å². The second-order valence-electron chi connectivity index (χ2n) is 7.32. The highest BCUT2D eigenvalue weighted by Crippen LogP contribution is 2.59. The topological polar surface area (TPSA) is 40.5 Å². The summed E-state index contributed by atoms with van der Waals surface area (Å²) in [6.45, 7) is 2.30. The average molecular weight is 272 g/mol. The van der Waals surface area contributed by atoms with Gasteiger partial charge in [0.25, 0.3) is 0 Å². The first-order valence-electron chi connectivity index (χ1n) is 8.10. The van der Waals surface area contributed by atoms with Crippen LogP contribution in [0.3, 0.4) is 0 Å². The summed E-state index contributed by atoms with van der Waals surface area (Å²) in [5, 5.41) is 20.5. The number of fused-ring (bicyclic) bond motifs is 4. The van der Waals surface area contributed by atoms with Gasteiger partial charge in [-0.1, -0.05) is 24.6 Å². The molecular weight excluding hydrogens is 248 g/mol. The maximum atomic E-state index is 10.4. The van der Waals surface area contributed by atoms with E-state index in [9.17, 15) is 10.2 Å². The largest absolute Gasteiger partial charge is 0.512 e. The number of rotatable bonds is 0. The van der Waals surface area contributed by atoms with E-state index in [1.807, 2.05) is 0 Å². The maximum absolute atomic E-state index is 10.4. The number of aliphatic hydroxyl groups is 2. The molecule has 4 aliphatic rings. The molecule has 0 aromatic rings. The molecule has 0 saturated heterocycles. The van der Waals surface area contributed by atoms with Crippen LogP contribution in [0.2, 0.25) is 0 Å². The van der Waals surface area contributed by atoms with E-state index in [1.165, 1.54) is 24.0 Å². The van der Waals surface area contributed by atoms with Crippen LogP contribution in [-0.2, 0) is 0 Å². The summed E-state index contributed by atoms with van der Waals surface area (Å²) in [5.74, 6) is 1.88. The number of aliphatic hydroxyl groups excluding tert-OH is 2. The number of hydrogen-bond donors (Lipinski definition) is 2. The van der Waals surface area contributed by atoms with E-state index in [-0.39, 0.29) is 11.5 Å². The molecule has 0 amide bonds. The first kappa shape index (κ1) is 12.7. The molecule has 2 heteroatoms. The maximum Gasteiger partial charge on any atom is 0.0998 e. The van der Waals surface area contributed by atoms with Crippen LogP contribution < -0.4 is 0 Å². The molecule has 4 atom stereocenters. The summed E-state index contributed by atoms with van der Waals surface area (Å²) >= 11 is 0. The molecular formula is C18H24O2. The highest BCUT2D eigenvalue weighted by molar-refractivity contribution is 5.51. The van der Waals surface area contributed by atoms with Crippen LogP contribution in [0, 0.1) is 17.3 Å². The van der Waals surface area contributed by atoms with Gasteiger partial charge >= 0.3 is 0 Å². The van der Waals surface area contributed by atoms with Crippen LogP contribution >= 0.6 is 0 Å². The summed E-state index contributed by atoms with van der Waals surface area (Å²) in [6, 6.07) is 0. The van der Waals surface area contributed by atoms with Gasteiger partial charge in [0.2, 0.25) is 0 Å². The quantitative estimate of drug-likeness (QED) is 0.699. The molecule has 0 aromatic carbocycles. The van der Waals surface area contributed by atoms with Crippen molar-refractivity contribution in [2.45, 2.75) is 58.0 Å². The zero-order valence-electron chi connectivity index (χ0n) is 12.2. The molecule has 0 spiro atoms. The van der Waals surface area contributed by atoms with Gasteiger partial charge in [0.1, 0.15) is 0 Å². The Morgan fingerprint density at radius 3 is 2.90 bits per heavy atom. The smallest absolute Gasteiger partial charge is 0.0998 e. The molecule has 108 valence electrons. The molecule has 0 aromatic heterocycles.